The first-order valence-corrected chi connectivity index (χ1v) is 7.79. The number of thioether (sulfide) groups is 1. The van der Waals surface area contributed by atoms with Crippen molar-refractivity contribution in [2.24, 2.45) is 5.92 Å². The Bertz CT molecular complexity index is 504. The molecule has 1 aromatic carbocycles. The maximum absolute atomic E-state index is 12.2. The Morgan fingerprint density at radius 2 is 2.15 bits per heavy atom. The molecule has 108 valence electrons. The van der Waals surface area contributed by atoms with Crippen LogP contribution in [-0.2, 0) is 4.79 Å². The van der Waals surface area contributed by atoms with E-state index in [2.05, 4.69) is 6.92 Å². The van der Waals surface area contributed by atoms with Crippen molar-refractivity contribution in [3.63, 3.8) is 0 Å². The second-order valence-corrected chi connectivity index (χ2v) is 6.19. The van der Waals surface area contributed by atoms with Crippen molar-refractivity contribution in [2.75, 3.05) is 18.8 Å². The number of piperidine rings is 1. The molecule has 0 aromatic heterocycles. The summed E-state index contributed by atoms with van der Waals surface area (Å²) in [5.74, 6) is 0.00897. The van der Waals surface area contributed by atoms with Gasteiger partial charge in [0.25, 0.3) is 0 Å². The first kappa shape index (κ1) is 14.9. The topological polar surface area (TPSA) is 57.6 Å². The molecule has 0 bridgehead atoms. The van der Waals surface area contributed by atoms with Crippen molar-refractivity contribution in [1.82, 2.24) is 4.90 Å². The predicted molar refractivity (Wildman–Crippen MR) is 79.1 cm³/mol. The number of hydrogen-bond acceptors (Lipinski definition) is 3. The second kappa shape index (κ2) is 6.79. The molecule has 1 amide bonds. The van der Waals surface area contributed by atoms with Crippen molar-refractivity contribution in [3.8, 4) is 0 Å². The van der Waals surface area contributed by atoms with Crippen LogP contribution in [0.25, 0.3) is 0 Å². The van der Waals surface area contributed by atoms with Crippen molar-refractivity contribution in [2.45, 2.75) is 24.7 Å². The van der Waals surface area contributed by atoms with Gasteiger partial charge in [-0.3, -0.25) is 4.79 Å². The minimum atomic E-state index is -0.952. The van der Waals surface area contributed by atoms with Gasteiger partial charge in [0.2, 0.25) is 5.91 Å². The molecule has 4 nitrogen and oxygen atoms in total. The van der Waals surface area contributed by atoms with E-state index in [1.54, 1.807) is 24.3 Å². The Kier molecular flexibility index (Phi) is 5.06. The van der Waals surface area contributed by atoms with Gasteiger partial charge in [0.15, 0.2) is 0 Å². The summed E-state index contributed by atoms with van der Waals surface area (Å²) in [7, 11) is 0. The molecule has 2 rings (SSSR count). The molecule has 1 atom stereocenters. The van der Waals surface area contributed by atoms with Crippen LogP contribution in [0.3, 0.4) is 0 Å². The molecule has 1 heterocycles. The van der Waals surface area contributed by atoms with Crippen LogP contribution in [0.15, 0.2) is 29.2 Å². The van der Waals surface area contributed by atoms with Gasteiger partial charge in [0, 0.05) is 18.0 Å². The number of aromatic carboxylic acids is 1. The lowest BCUT2D eigenvalue weighted by molar-refractivity contribution is -0.130. The van der Waals surface area contributed by atoms with Crippen LogP contribution in [0.4, 0.5) is 0 Å². The van der Waals surface area contributed by atoms with Gasteiger partial charge in [-0.25, -0.2) is 4.79 Å². The first-order chi connectivity index (χ1) is 9.58. The first-order valence-electron chi connectivity index (χ1n) is 6.81. The second-order valence-electron chi connectivity index (χ2n) is 5.18. The molecular formula is C15H19NO3S. The zero-order valence-electron chi connectivity index (χ0n) is 11.5. The van der Waals surface area contributed by atoms with E-state index in [4.69, 9.17) is 5.11 Å². The molecule has 0 radical (unpaired) electrons. The number of likely N-dealkylation sites (tertiary alicyclic amines) is 1. The molecule has 1 aromatic rings. The highest BCUT2D eigenvalue weighted by Crippen LogP contribution is 2.24. The number of carboxylic acids is 1. The standard InChI is InChI=1S/C15H19NO3S/c1-11-5-4-8-16(9-11)14(17)10-20-13-7-3-2-6-12(13)15(18)19/h2-3,6-7,11H,4-5,8-10H2,1H3,(H,18,19). The van der Waals surface area contributed by atoms with E-state index in [0.29, 0.717) is 16.6 Å². The van der Waals surface area contributed by atoms with E-state index in [1.165, 1.54) is 18.2 Å². The Hall–Kier alpha value is -1.49. The van der Waals surface area contributed by atoms with Crippen LogP contribution in [0.1, 0.15) is 30.1 Å². The van der Waals surface area contributed by atoms with E-state index in [1.807, 2.05) is 4.90 Å². The van der Waals surface area contributed by atoms with Crippen LogP contribution in [0, 0.1) is 5.92 Å². The lowest BCUT2D eigenvalue weighted by Gasteiger charge is -2.30. The Morgan fingerprint density at radius 3 is 2.85 bits per heavy atom. The summed E-state index contributed by atoms with van der Waals surface area (Å²) >= 11 is 1.31. The zero-order chi connectivity index (χ0) is 14.5. The third-order valence-corrected chi connectivity index (χ3v) is 4.54. The highest BCUT2D eigenvalue weighted by atomic mass is 32.2. The summed E-state index contributed by atoms with van der Waals surface area (Å²) in [4.78, 5) is 25.8. The van der Waals surface area contributed by atoms with Crippen molar-refractivity contribution < 1.29 is 14.7 Å². The highest BCUT2D eigenvalue weighted by Gasteiger charge is 2.21. The van der Waals surface area contributed by atoms with Gasteiger partial charge in [-0.05, 0) is 30.9 Å². The smallest absolute Gasteiger partial charge is 0.336 e. The summed E-state index contributed by atoms with van der Waals surface area (Å²) in [6.45, 7) is 3.80. The highest BCUT2D eigenvalue weighted by molar-refractivity contribution is 8.00. The lowest BCUT2D eigenvalue weighted by Crippen LogP contribution is -2.40. The number of nitrogens with zero attached hydrogens (tertiary/aromatic N) is 1. The summed E-state index contributed by atoms with van der Waals surface area (Å²) in [6, 6.07) is 6.81. The van der Waals surface area contributed by atoms with Crippen molar-refractivity contribution in [3.05, 3.63) is 29.8 Å². The SMILES string of the molecule is CC1CCCN(C(=O)CSc2ccccc2C(=O)O)C1. The van der Waals surface area contributed by atoms with Gasteiger partial charge in [-0.1, -0.05) is 19.1 Å². The number of carboxylic acid groups (broad SMARTS) is 1. The van der Waals surface area contributed by atoms with Gasteiger partial charge in [0.05, 0.1) is 11.3 Å². The van der Waals surface area contributed by atoms with Crippen molar-refractivity contribution >= 4 is 23.6 Å². The Morgan fingerprint density at radius 1 is 1.40 bits per heavy atom. The summed E-state index contributed by atoms with van der Waals surface area (Å²) in [5.41, 5.74) is 0.261. The Balaban J connectivity index is 1.95. The van der Waals surface area contributed by atoms with Crippen molar-refractivity contribution in [1.29, 1.82) is 0 Å². The molecule has 1 N–H and O–H groups in total. The average Bonchev–Trinajstić information content (AvgIpc) is 2.45. The molecule has 0 saturated carbocycles. The van der Waals surface area contributed by atoms with E-state index >= 15 is 0 Å². The number of benzene rings is 1. The lowest BCUT2D eigenvalue weighted by atomic mass is 10.0. The number of amides is 1. The molecule has 1 aliphatic rings. The van der Waals surface area contributed by atoms with Crippen LogP contribution < -0.4 is 0 Å². The summed E-state index contributed by atoms with van der Waals surface area (Å²) in [5, 5.41) is 9.11. The number of carbonyl (C=O) groups excluding carboxylic acids is 1. The van der Waals surface area contributed by atoms with Crippen LogP contribution in [0.5, 0.6) is 0 Å². The molecule has 20 heavy (non-hydrogen) atoms. The molecule has 1 fully saturated rings. The fourth-order valence-corrected chi connectivity index (χ4v) is 3.36. The normalized spacial score (nSPS) is 18.9. The molecule has 1 unspecified atom stereocenters. The number of carbonyl (C=O) groups is 2. The fraction of sp³-hybridized carbons (Fsp3) is 0.467. The molecule has 1 saturated heterocycles. The van der Waals surface area contributed by atoms with Crippen LogP contribution in [0.2, 0.25) is 0 Å². The van der Waals surface area contributed by atoms with Gasteiger partial charge >= 0.3 is 5.97 Å². The van der Waals surface area contributed by atoms with Gasteiger partial charge < -0.3 is 10.0 Å². The van der Waals surface area contributed by atoms with Gasteiger partial charge in [0.1, 0.15) is 0 Å². The average molecular weight is 293 g/mol. The van der Waals surface area contributed by atoms with Crippen LogP contribution >= 0.6 is 11.8 Å². The minimum Gasteiger partial charge on any atom is -0.478 e. The monoisotopic (exact) mass is 293 g/mol. The third kappa shape index (κ3) is 3.76. The predicted octanol–water partition coefficient (Wildman–Crippen LogP) is 2.74. The quantitative estimate of drug-likeness (QED) is 0.867. The summed E-state index contributed by atoms with van der Waals surface area (Å²) in [6.07, 6.45) is 2.24. The van der Waals surface area contributed by atoms with E-state index in [9.17, 15) is 9.59 Å². The fourth-order valence-electron chi connectivity index (χ4n) is 2.42. The third-order valence-electron chi connectivity index (χ3n) is 3.48. The summed E-state index contributed by atoms with van der Waals surface area (Å²) < 4.78 is 0. The molecular weight excluding hydrogens is 274 g/mol. The molecule has 0 aliphatic carbocycles. The molecule has 5 heteroatoms. The molecule has 1 aliphatic heterocycles. The largest absolute Gasteiger partial charge is 0.478 e. The number of rotatable bonds is 4. The minimum absolute atomic E-state index is 0.0988. The van der Waals surface area contributed by atoms with E-state index in [-0.39, 0.29) is 11.5 Å². The number of hydrogen-bond donors (Lipinski definition) is 1. The van der Waals surface area contributed by atoms with Gasteiger partial charge in [-0.2, -0.15) is 0 Å². The maximum Gasteiger partial charge on any atom is 0.336 e. The zero-order valence-corrected chi connectivity index (χ0v) is 12.4. The van der Waals surface area contributed by atoms with E-state index in [0.717, 1.165) is 19.5 Å². The maximum atomic E-state index is 12.2. The molecule has 0 spiro atoms. The van der Waals surface area contributed by atoms with E-state index < -0.39 is 5.97 Å². The van der Waals surface area contributed by atoms with Gasteiger partial charge in [-0.15, -0.1) is 11.8 Å². The van der Waals surface area contributed by atoms with Crippen LogP contribution in [-0.4, -0.2) is 40.7 Å². The Labute approximate surface area is 123 Å².